The topological polar surface area (TPSA) is 9.23 Å². The van der Waals surface area contributed by atoms with Gasteiger partial charge >= 0.3 is 0 Å². The SMILES string of the molecule is C=CCOCC#CCCl. The molecule has 0 aromatic rings. The Morgan fingerprint density at radius 3 is 2.89 bits per heavy atom. The maximum atomic E-state index is 5.27. The summed E-state index contributed by atoms with van der Waals surface area (Å²) in [6.45, 7) is 4.47. The van der Waals surface area contributed by atoms with E-state index in [4.69, 9.17) is 16.3 Å². The van der Waals surface area contributed by atoms with Gasteiger partial charge < -0.3 is 4.74 Å². The Hall–Kier alpha value is -0.450. The first-order chi connectivity index (χ1) is 4.41. The van der Waals surface area contributed by atoms with E-state index in [0.29, 0.717) is 19.1 Å². The fraction of sp³-hybridized carbons (Fsp3) is 0.429. The van der Waals surface area contributed by atoms with Crippen molar-refractivity contribution >= 4 is 11.6 Å². The van der Waals surface area contributed by atoms with Gasteiger partial charge in [-0.3, -0.25) is 0 Å². The van der Waals surface area contributed by atoms with E-state index in [1.54, 1.807) is 6.08 Å². The van der Waals surface area contributed by atoms with Gasteiger partial charge in [0.15, 0.2) is 0 Å². The van der Waals surface area contributed by atoms with E-state index in [2.05, 4.69) is 18.4 Å². The summed E-state index contributed by atoms with van der Waals surface area (Å²) in [4.78, 5) is 0. The molecule has 0 unspecified atom stereocenters. The number of alkyl halides is 1. The van der Waals surface area contributed by atoms with Gasteiger partial charge in [0.2, 0.25) is 0 Å². The second-order valence-electron chi connectivity index (χ2n) is 1.29. The van der Waals surface area contributed by atoms with Crippen LogP contribution < -0.4 is 0 Å². The summed E-state index contributed by atoms with van der Waals surface area (Å²) >= 11 is 5.27. The highest BCUT2D eigenvalue weighted by atomic mass is 35.5. The first-order valence-corrected chi connectivity index (χ1v) is 3.15. The Kier molecular flexibility index (Phi) is 7.17. The van der Waals surface area contributed by atoms with Crippen LogP contribution in [0.1, 0.15) is 0 Å². The number of hydrogen-bond donors (Lipinski definition) is 0. The molecule has 9 heavy (non-hydrogen) atoms. The second-order valence-corrected chi connectivity index (χ2v) is 1.56. The zero-order chi connectivity index (χ0) is 6.95. The molecule has 0 aliphatic rings. The molecular formula is C7H9ClO. The van der Waals surface area contributed by atoms with Gasteiger partial charge in [0.1, 0.15) is 6.61 Å². The van der Waals surface area contributed by atoms with E-state index in [1.807, 2.05) is 0 Å². The summed E-state index contributed by atoms with van der Waals surface area (Å²) in [5, 5.41) is 0. The van der Waals surface area contributed by atoms with Gasteiger partial charge in [0, 0.05) is 0 Å². The molecular weight excluding hydrogens is 136 g/mol. The molecule has 0 fully saturated rings. The highest BCUT2D eigenvalue weighted by Gasteiger charge is 1.73. The van der Waals surface area contributed by atoms with Crippen molar-refractivity contribution in [1.29, 1.82) is 0 Å². The van der Waals surface area contributed by atoms with Crippen LogP contribution >= 0.6 is 11.6 Å². The summed E-state index contributed by atoms with van der Waals surface area (Å²) in [6.07, 6.45) is 1.68. The van der Waals surface area contributed by atoms with Crippen LogP contribution in [0.3, 0.4) is 0 Å². The Balaban J connectivity index is 2.98. The molecule has 0 aromatic carbocycles. The number of hydrogen-bond acceptors (Lipinski definition) is 1. The van der Waals surface area contributed by atoms with E-state index in [9.17, 15) is 0 Å². The molecule has 1 nitrogen and oxygen atoms in total. The van der Waals surface area contributed by atoms with Crippen molar-refractivity contribution in [2.75, 3.05) is 19.1 Å². The van der Waals surface area contributed by atoms with Gasteiger partial charge in [-0.05, 0) is 0 Å². The van der Waals surface area contributed by atoms with Crippen molar-refractivity contribution in [1.82, 2.24) is 0 Å². The fourth-order valence-corrected chi connectivity index (χ4v) is 0.386. The fourth-order valence-electron chi connectivity index (χ4n) is 0.292. The molecule has 0 amide bonds. The smallest absolute Gasteiger partial charge is 0.108 e. The minimum Gasteiger partial charge on any atom is -0.365 e. The van der Waals surface area contributed by atoms with Gasteiger partial charge in [-0.25, -0.2) is 0 Å². The van der Waals surface area contributed by atoms with Crippen molar-refractivity contribution in [3.8, 4) is 11.8 Å². The molecule has 0 radical (unpaired) electrons. The molecule has 0 aliphatic heterocycles. The Bertz CT molecular complexity index is 121. The summed E-state index contributed by atoms with van der Waals surface area (Å²) < 4.78 is 4.93. The van der Waals surface area contributed by atoms with Crippen LogP contribution in [0.5, 0.6) is 0 Å². The highest BCUT2D eigenvalue weighted by Crippen LogP contribution is 1.73. The molecule has 0 heterocycles. The molecule has 0 N–H and O–H groups in total. The molecule has 0 spiro atoms. The lowest BCUT2D eigenvalue weighted by Gasteiger charge is -1.88. The Labute approximate surface area is 60.7 Å². The maximum absolute atomic E-state index is 5.27. The second kappa shape index (κ2) is 7.55. The minimum absolute atomic E-state index is 0.372. The lowest BCUT2D eigenvalue weighted by atomic mass is 10.6. The largest absolute Gasteiger partial charge is 0.365 e. The zero-order valence-corrected chi connectivity index (χ0v) is 5.95. The third kappa shape index (κ3) is 7.55. The lowest BCUT2D eigenvalue weighted by Crippen LogP contribution is -1.89. The lowest BCUT2D eigenvalue weighted by molar-refractivity contribution is 0.199. The molecule has 2 heteroatoms. The summed E-state index contributed by atoms with van der Waals surface area (Å²) in [5.74, 6) is 5.75. The predicted molar refractivity (Wildman–Crippen MR) is 39.5 cm³/mol. The molecule has 0 saturated heterocycles. The number of halogens is 1. The zero-order valence-electron chi connectivity index (χ0n) is 5.19. The van der Waals surface area contributed by atoms with Crippen molar-refractivity contribution in [3.05, 3.63) is 12.7 Å². The van der Waals surface area contributed by atoms with Crippen molar-refractivity contribution < 1.29 is 4.74 Å². The predicted octanol–water partition coefficient (Wildman–Crippen LogP) is 1.43. The highest BCUT2D eigenvalue weighted by molar-refractivity contribution is 6.19. The number of ether oxygens (including phenoxy) is 1. The normalized spacial score (nSPS) is 7.67. The van der Waals surface area contributed by atoms with Crippen LogP contribution in [0.15, 0.2) is 12.7 Å². The van der Waals surface area contributed by atoms with Gasteiger partial charge in [-0.2, -0.15) is 0 Å². The third-order valence-electron chi connectivity index (χ3n) is 0.602. The monoisotopic (exact) mass is 144 g/mol. The molecule has 50 valence electrons. The molecule has 0 bridgehead atoms. The summed E-state index contributed by atoms with van der Waals surface area (Å²) in [6, 6.07) is 0. The molecule has 0 aliphatic carbocycles. The van der Waals surface area contributed by atoms with E-state index in [0.717, 1.165) is 0 Å². The first kappa shape index (κ1) is 8.55. The van der Waals surface area contributed by atoms with Crippen LogP contribution in [0.25, 0.3) is 0 Å². The van der Waals surface area contributed by atoms with Gasteiger partial charge in [0.05, 0.1) is 12.5 Å². The Morgan fingerprint density at radius 1 is 1.56 bits per heavy atom. The van der Waals surface area contributed by atoms with Gasteiger partial charge in [0.25, 0.3) is 0 Å². The van der Waals surface area contributed by atoms with Crippen molar-refractivity contribution in [2.24, 2.45) is 0 Å². The summed E-state index contributed by atoms with van der Waals surface area (Å²) in [7, 11) is 0. The van der Waals surface area contributed by atoms with E-state index >= 15 is 0 Å². The van der Waals surface area contributed by atoms with Crippen LogP contribution in [-0.4, -0.2) is 19.1 Å². The minimum atomic E-state index is 0.372. The Morgan fingerprint density at radius 2 is 2.33 bits per heavy atom. The molecule has 0 atom stereocenters. The van der Waals surface area contributed by atoms with Crippen LogP contribution in [0.2, 0.25) is 0 Å². The van der Waals surface area contributed by atoms with E-state index in [1.165, 1.54) is 0 Å². The quantitative estimate of drug-likeness (QED) is 0.252. The van der Waals surface area contributed by atoms with Gasteiger partial charge in [-0.1, -0.05) is 17.9 Å². The number of rotatable bonds is 3. The first-order valence-electron chi connectivity index (χ1n) is 2.62. The standard InChI is InChI=1S/C7H9ClO/c1-2-6-9-7-4-3-5-8/h2H,1,5-7H2. The van der Waals surface area contributed by atoms with E-state index in [-0.39, 0.29) is 0 Å². The molecule has 0 saturated carbocycles. The maximum Gasteiger partial charge on any atom is 0.108 e. The van der Waals surface area contributed by atoms with Crippen molar-refractivity contribution in [2.45, 2.75) is 0 Å². The summed E-state index contributed by atoms with van der Waals surface area (Å²) in [5.41, 5.74) is 0. The molecule has 0 rings (SSSR count). The van der Waals surface area contributed by atoms with Gasteiger partial charge in [-0.15, -0.1) is 18.2 Å². The van der Waals surface area contributed by atoms with Crippen molar-refractivity contribution in [3.63, 3.8) is 0 Å². The van der Waals surface area contributed by atoms with Crippen LogP contribution in [0, 0.1) is 11.8 Å². The third-order valence-corrected chi connectivity index (χ3v) is 0.735. The van der Waals surface area contributed by atoms with Crippen LogP contribution in [-0.2, 0) is 4.74 Å². The average Bonchev–Trinajstić information content (AvgIpc) is 1.89. The molecule has 0 aromatic heterocycles. The van der Waals surface area contributed by atoms with Crippen LogP contribution in [0.4, 0.5) is 0 Å². The average molecular weight is 145 g/mol. The van der Waals surface area contributed by atoms with E-state index < -0.39 is 0 Å².